The molecule has 2 aliphatic rings. The average molecular weight is 138 g/mol. The van der Waals surface area contributed by atoms with Crippen LogP contribution in [0.5, 0.6) is 0 Å². The molecule has 1 spiro atoms. The van der Waals surface area contributed by atoms with E-state index in [-0.39, 0.29) is 0 Å². The van der Waals surface area contributed by atoms with Gasteiger partial charge in [0.05, 0.1) is 0 Å². The summed E-state index contributed by atoms with van der Waals surface area (Å²) in [7, 11) is 0. The third-order valence-electron chi connectivity index (χ3n) is 2.87. The molecule has 0 atom stereocenters. The molecule has 0 nitrogen and oxygen atoms in total. The van der Waals surface area contributed by atoms with E-state index in [4.69, 9.17) is 0 Å². The summed E-state index contributed by atoms with van der Waals surface area (Å²) < 4.78 is 0. The van der Waals surface area contributed by atoms with Gasteiger partial charge in [-0.3, -0.25) is 0 Å². The van der Waals surface area contributed by atoms with Gasteiger partial charge >= 0.3 is 0 Å². The second-order valence-electron chi connectivity index (χ2n) is 3.56. The number of hydrogen-bond donors (Lipinski definition) is 0. The van der Waals surface area contributed by atoms with Crippen molar-refractivity contribution in [1.29, 1.82) is 0 Å². The van der Waals surface area contributed by atoms with Gasteiger partial charge < -0.3 is 0 Å². The maximum Gasteiger partial charge on any atom is -0.0297 e. The molecule has 0 radical (unpaired) electrons. The van der Waals surface area contributed by atoms with Gasteiger partial charge in [-0.05, 0) is 31.1 Å². The van der Waals surface area contributed by atoms with Crippen molar-refractivity contribution in [3.8, 4) is 0 Å². The Bertz CT molecular complexity index is 92.6. The average Bonchev–Trinajstić information content (AvgIpc) is 2.75. The fourth-order valence-corrected chi connectivity index (χ4v) is 1.98. The Hall–Kier alpha value is -0.260. The Morgan fingerprint density at radius 2 is 1.20 bits per heavy atom. The molecule has 0 unspecified atom stereocenters. The van der Waals surface area contributed by atoms with Crippen molar-refractivity contribution in [2.45, 2.75) is 44.9 Å². The van der Waals surface area contributed by atoms with Gasteiger partial charge in [0.15, 0.2) is 0 Å². The van der Waals surface area contributed by atoms with Crippen LogP contribution in [0.4, 0.5) is 0 Å². The third-order valence-corrected chi connectivity index (χ3v) is 2.87. The third kappa shape index (κ3) is 1.62. The summed E-state index contributed by atoms with van der Waals surface area (Å²) in [4.78, 5) is 0. The second-order valence-corrected chi connectivity index (χ2v) is 3.56. The second kappa shape index (κ2) is 3.23. The lowest BCUT2D eigenvalue weighted by Gasteiger charge is -2.19. The molecule has 58 valence electrons. The van der Waals surface area contributed by atoms with E-state index in [1.807, 2.05) is 0 Å². The monoisotopic (exact) mass is 138 g/mol. The van der Waals surface area contributed by atoms with Crippen LogP contribution in [-0.4, -0.2) is 0 Å². The minimum atomic E-state index is 0.929. The highest BCUT2D eigenvalue weighted by molar-refractivity contribution is 4.94. The first-order valence-corrected chi connectivity index (χ1v) is 4.41. The maximum absolute atomic E-state index is 3.00. The summed E-state index contributed by atoms with van der Waals surface area (Å²) in [5.41, 5.74) is 0.929. The van der Waals surface area contributed by atoms with E-state index in [1.54, 1.807) is 25.7 Å². The predicted molar refractivity (Wildman–Crippen MR) is 46.0 cm³/mol. The molecule has 0 aromatic rings. The molecular formula is C10H18. The van der Waals surface area contributed by atoms with Gasteiger partial charge in [-0.25, -0.2) is 0 Å². The fraction of sp³-hybridized carbons (Fsp3) is 0.800. The quantitative estimate of drug-likeness (QED) is 0.449. The van der Waals surface area contributed by atoms with E-state index in [0.717, 1.165) is 5.41 Å². The summed E-state index contributed by atoms with van der Waals surface area (Å²) in [5, 5.41) is 0. The number of rotatable bonds is 0. The van der Waals surface area contributed by atoms with Crippen LogP contribution in [0, 0.1) is 5.41 Å². The molecule has 0 heterocycles. The minimum absolute atomic E-state index is 0.929. The van der Waals surface area contributed by atoms with Crippen LogP contribution < -0.4 is 0 Å². The Labute approximate surface area is 64.3 Å². The Balaban J connectivity index is 0.000000231. The molecule has 2 aliphatic carbocycles. The zero-order valence-electron chi connectivity index (χ0n) is 6.86. The van der Waals surface area contributed by atoms with Gasteiger partial charge in [0, 0.05) is 0 Å². The van der Waals surface area contributed by atoms with Gasteiger partial charge in [-0.15, -0.1) is 13.2 Å². The molecule has 0 aromatic heterocycles. The summed E-state index contributed by atoms with van der Waals surface area (Å²) in [6.45, 7) is 6.00. The first kappa shape index (κ1) is 7.84. The van der Waals surface area contributed by atoms with Crippen LogP contribution in [0.2, 0.25) is 0 Å². The van der Waals surface area contributed by atoms with Crippen molar-refractivity contribution >= 4 is 0 Å². The fourth-order valence-electron chi connectivity index (χ4n) is 1.98. The first-order valence-electron chi connectivity index (χ1n) is 4.41. The SMILES string of the molecule is C1CCC2(CC1)CC2.C=C. The van der Waals surface area contributed by atoms with E-state index >= 15 is 0 Å². The van der Waals surface area contributed by atoms with Crippen molar-refractivity contribution in [3.05, 3.63) is 13.2 Å². The highest BCUT2D eigenvalue weighted by Gasteiger charge is 2.42. The lowest BCUT2D eigenvalue weighted by molar-refractivity contribution is 0.337. The van der Waals surface area contributed by atoms with Gasteiger partial charge in [0.1, 0.15) is 0 Å². The largest absolute Gasteiger partial charge is 0.106 e. The van der Waals surface area contributed by atoms with Crippen molar-refractivity contribution in [2.75, 3.05) is 0 Å². The Morgan fingerprint density at radius 1 is 0.700 bits per heavy atom. The molecule has 2 saturated carbocycles. The molecule has 0 N–H and O–H groups in total. The van der Waals surface area contributed by atoms with Crippen LogP contribution in [0.15, 0.2) is 13.2 Å². The van der Waals surface area contributed by atoms with Crippen molar-refractivity contribution in [1.82, 2.24) is 0 Å². The highest BCUT2D eigenvalue weighted by Crippen LogP contribution is 2.55. The van der Waals surface area contributed by atoms with E-state index in [2.05, 4.69) is 13.2 Å². The van der Waals surface area contributed by atoms with Gasteiger partial charge in [0.2, 0.25) is 0 Å². The standard InChI is InChI=1S/C8H14.C2H4/c1-2-4-8(5-3-1)6-7-8;1-2/h1-7H2;1-2H2. The maximum atomic E-state index is 3.00. The van der Waals surface area contributed by atoms with Crippen LogP contribution in [0.1, 0.15) is 44.9 Å². The van der Waals surface area contributed by atoms with E-state index in [9.17, 15) is 0 Å². The number of hydrogen-bond acceptors (Lipinski definition) is 0. The van der Waals surface area contributed by atoms with Crippen molar-refractivity contribution in [2.24, 2.45) is 5.41 Å². The minimum Gasteiger partial charge on any atom is -0.106 e. The van der Waals surface area contributed by atoms with Gasteiger partial charge in [-0.2, -0.15) is 0 Å². The normalized spacial score (nSPS) is 26.8. The van der Waals surface area contributed by atoms with E-state index in [0.29, 0.717) is 0 Å². The summed E-state index contributed by atoms with van der Waals surface area (Å²) in [6, 6.07) is 0. The summed E-state index contributed by atoms with van der Waals surface area (Å²) >= 11 is 0. The van der Waals surface area contributed by atoms with E-state index < -0.39 is 0 Å². The van der Waals surface area contributed by atoms with Crippen LogP contribution >= 0.6 is 0 Å². The molecule has 2 rings (SSSR count). The molecule has 0 heteroatoms. The molecule has 0 bridgehead atoms. The Kier molecular flexibility index (Phi) is 2.53. The smallest absolute Gasteiger partial charge is 0.0297 e. The molecule has 2 fully saturated rings. The lowest BCUT2D eigenvalue weighted by atomic mass is 9.87. The Morgan fingerprint density at radius 3 is 1.50 bits per heavy atom. The van der Waals surface area contributed by atoms with E-state index in [1.165, 1.54) is 19.3 Å². The van der Waals surface area contributed by atoms with Crippen LogP contribution in [-0.2, 0) is 0 Å². The topological polar surface area (TPSA) is 0 Å². The molecule has 0 saturated heterocycles. The summed E-state index contributed by atoms with van der Waals surface area (Å²) in [6.07, 6.45) is 10.8. The molecule has 10 heavy (non-hydrogen) atoms. The predicted octanol–water partition coefficient (Wildman–Crippen LogP) is 3.53. The van der Waals surface area contributed by atoms with Crippen molar-refractivity contribution < 1.29 is 0 Å². The lowest BCUT2D eigenvalue weighted by Crippen LogP contribution is -2.05. The zero-order chi connectivity index (χ0) is 7.45. The first-order chi connectivity index (χ1) is 4.91. The van der Waals surface area contributed by atoms with Gasteiger partial charge in [0.25, 0.3) is 0 Å². The molecule has 0 amide bonds. The molecule has 0 aromatic carbocycles. The highest BCUT2D eigenvalue weighted by atomic mass is 14.5. The molecular weight excluding hydrogens is 120 g/mol. The van der Waals surface area contributed by atoms with Gasteiger partial charge in [-0.1, -0.05) is 19.3 Å². The van der Waals surface area contributed by atoms with Crippen molar-refractivity contribution in [3.63, 3.8) is 0 Å². The summed E-state index contributed by atoms with van der Waals surface area (Å²) in [5.74, 6) is 0. The van der Waals surface area contributed by atoms with Crippen LogP contribution in [0.25, 0.3) is 0 Å². The zero-order valence-corrected chi connectivity index (χ0v) is 6.86. The molecule has 0 aliphatic heterocycles. The van der Waals surface area contributed by atoms with Crippen LogP contribution in [0.3, 0.4) is 0 Å².